The van der Waals surface area contributed by atoms with Crippen LogP contribution in [0.15, 0.2) is 0 Å². The maximum absolute atomic E-state index is 10.2. The van der Waals surface area contributed by atoms with Crippen LogP contribution >= 0.6 is 0 Å². The van der Waals surface area contributed by atoms with Gasteiger partial charge in [0.2, 0.25) is 0 Å². The Morgan fingerprint density at radius 1 is 0.310 bits per heavy atom. The second-order valence-electron chi connectivity index (χ2n) is 7.17. The minimum absolute atomic E-state index is 0.221. The van der Waals surface area contributed by atoms with E-state index in [0.717, 1.165) is 70.6 Å². The van der Waals surface area contributed by atoms with E-state index in [1.54, 1.807) is 0 Å². The molecule has 0 saturated heterocycles. The lowest BCUT2D eigenvalue weighted by molar-refractivity contribution is -0.138. The number of hydrogen-bond acceptors (Lipinski definition) is 4. The fourth-order valence-electron chi connectivity index (χ4n) is 2.70. The van der Waals surface area contributed by atoms with Crippen LogP contribution in [0.5, 0.6) is 0 Å². The molecule has 0 radical (unpaired) electrons. The van der Waals surface area contributed by atoms with Crippen LogP contribution < -0.4 is 0 Å². The third kappa shape index (κ3) is 33.9. The Bertz CT molecular complexity index is 408. The topological polar surface area (TPSA) is 149 Å². The van der Waals surface area contributed by atoms with E-state index in [1.165, 1.54) is 0 Å². The normalized spacial score (nSPS) is 10.1. The highest BCUT2D eigenvalue weighted by Gasteiger charge is 1.99. The van der Waals surface area contributed by atoms with Gasteiger partial charge in [0.15, 0.2) is 0 Å². The summed E-state index contributed by atoms with van der Waals surface area (Å²) in [7, 11) is 0. The number of hydrogen-bond donors (Lipinski definition) is 4. The summed E-state index contributed by atoms with van der Waals surface area (Å²) in [5, 5.41) is 33.4. The maximum atomic E-state index is 10.2. The summed E-state index contributed by atoms with van der Waals surface area (Å²) in [4.78, 5) is 40.6. The molecule has 8 heteroatoms. The Balaban J connectivity index is 0. The predicted octanol–water partition coefficient (Wildman–Crippen LogP) is 4.94. The second-order valence-corrected chi connectivity index (χ2v) is 7.17. The van der Waals surface area contributed by atoms with Crippen molar-refractivity contribution >= 4 is 23.9 Å². The van der Waals surface area contributed by atoms with Crippen molar-refractivity contribution in [3.63, 3.8) is 0 Å². The third-order valence-electron chi connectivity index (χ3n) is 4.31. The molecule has 0 spiro atoms. The van der Waals surface area contributed by atoms with Crippen molar-refractivity contribution in [3.8, 4) is 0 Å². The zero-order valence-corrected chi connectivity index (χ0v) is 17.4. The highest BCUT2D eigenvalue weighted by molar-refractivity contribution is 5.67. The van der Waals surface area contributed by atoms with Crippen molar-refractivity contribution in [2.45, 2.75) is 109 Å². The first-order valence-corrected chi connectivity index (χ1v) is 10.6. The summed E-state index contributed by atoms with van der Waals surface area (Å²) < 4.78 is 0. The molecule has 0 aromatic heterocycles. The Kier molecular flexibility index (Phi) is 22.2. The summed E-state index contributed by atoms with van der Waals surface area (Å²) in [5.41, 5.74) is 0. The molecular weight excluding hydrogens is 380 g/mol. The standard InChI is InChI=1S/C12H22O4.C9H16O4/c13-11(14)9-7-5-3-1-2-4-6-8-10-12(15)16;10-8(11)6-4-2-1-3-5-7-9(12)13/h1-10H2,(H,13,14)(H,15,16);1-7H2,(H,10,11)(H,12,13). The van der Waals surface area contributed by atoms with E-state index >= 15 is 0 Å². The molecular formula is C21H38O8. The van der Waals surface area contributed by atoms with Gasteiger partial charge in [0.1, 0.15) is 0 Å². The Morgan fingerprint density at radius 2 is 0.448 bits per heavy atom. The third-order valence-corrected chi connectivity index (χ3v) is 4.31. The van der Waals surface area contributed by atoms with Crippen LogP contribution in [-0.2, 0) is 19.2 Å². The lowest BCUT2D eigenvalue weighted by Crippen LogP contribution is -1.95. The maximum Gasteiger partial charge on any atom is 0.303 e. The van der Waals surface area contributed by atoms with Gasteiger partial charge >= 0.3 is 23.9 Å². The number of carbonyl (C=O) groups is 4. The van der Waals surface area contributed by atoms with Crippen molar-refractivity contribution in [3.05, 3.63) is 0 Å². The van der Waals surface area contributed by atoms with Gasteiger partial charge < -0.3 is 20.4 Å². The summed E-state index contributed by atoms with van der Waals surface area (Å²) in [6, 6.07) is 0. The number of rotatable bonds is 19. The zero-order valence-electron chi connectivity index (χ0n) is 17.4. The molecule has 0 bridgehead atoms. The summed E-state index contributed by atoms with van der Waals surface area (Å²) >= 11 is 0. The van der Waals surface area contributed by atoms with Crippen molar-refractivity contribution in [2.75, 3.05) is 0 Å². The van der Waals surface area contributed by atoms with Crippen LogP contribution in [0.1, 0.15) is 109 Å². The fourth-order valence-corrected chi connectivity index (χ4v) is 2.70. The Labute approximate surface area is 173 Å². The second kappa shape index (κ2) is 22.2. The van der Waals surface area contributed by atoms with Crippen LogP contribution in [0.2, 0.25) is 0 Å². The number of unbranched alkanes of at least 4 members (excludes halogenated alkanes) is 11. The van der Waals surface area contributed by atoms with Crippen molar-refractivity contribution in [1.82, 2.24) is 0 Å². The zero-order chi connectivity index (χ0) is 22.3. The van der Waals surface area contributed by atoms with Crippen molar-refractivity contribution in [2.24, 2.45) is 0 Å². The van der Waals surface area contributed by atoms with Gasteiger partial charge in [-0.3, -0.25) is 19.2 Å². The summed E-state index contributed by atoms with van der Waals surface area (Å²) in [5.74, 6) is -2.95. The minimum atomic E-state index is -0.759. The van der Waals surface area contributed by atoms with Gasteiger partial charge in [0.05, 0.1) is 0 Å². The smallest absolute Gasteiger partial charge is 0.303 e. The van der Waals surface area contributed by atoms with Crippen LogP contribution in [0.3, 0.4) is 0 Å². The van der Waals surface area contributed by atoms with E-state index in [-0.39, 0.29) is 25.7 Å². The summed E-state index contributed by atoms with van der Waals surface area (Å²) in [6.07, 6.45) is 13.0. The molecule has 0 aliphatic carbocycles. The van der Waals surface area contributed by atoms with E-state index < -0.39 is 23.9 Å². The molecule has 29 heavy (non-hydrogen) atoms. The first-order chi connectivity index (χ1) is 13.8. The van der Waals surface area contributed by atoms with Crippen LogP contribution in [0.25, 0.3) is 0 Å². The van der Waals surface area contributed by atoms with Gasteiger partial charge in [-0.25, -0.2) is 0 Å². The van der Waals surface area contributed by atoms with Gasteiger partial charge in [-0.1, -0.05) is 57.8 Å². The molecule has 0 saturated carbocycles. The first kappa shape index (κ1) is 29.1. The highest BCUT2D eigenvalue weighted by atomic mass is 16.4. The molecule has 0 rings (SSSR count). The molecule has 0 aliphatic heterocycles. The molecule has 8 nitrogen and oxygen atoms in total. The van der Waals surface area contributed by atoms with Gasteiger partial charge in [-0.05, 0) is 25.7 Å². The molecule has 170 valence electrons. The lowest BCUT2D eigenvalue weighted by Gasteiger charge is -2.00. The molecule has 0 aromatic carbocycles. The number of carboxylic acids is 4. The van der Waals surface area contributed by atoms with Crippen molar-refractivity contribution < 1.29 is 39.6 Å². The summed E-state index contributed by atoms with van der Waals surface area (Å²) in [6.45, 7) is 0. The molecule has 0 fully saturated rings. The average Bonchev–Trinajstić information content (AvgIpc) is 2.62. The van der Waals surface area contributed by atoms with E-state index in [9.17, 15) is 19.2 Å². The van der Waals surface area contributed by atoms with Crippen molar-refractivity contribution in [1.29, 1.82) is 0 Å². The Morgan fingerprint density at radius 3 is 0.586 bits per heavy atom. The molecule has 0 atom stereocenters. The van der Waals surface area contributed by atoms with E-state index in [1.807, 2.05) is 0 Å². The average molecular weight is 419 g/mol. The molecule has 0 amide bonds. The van der Waals surface area contributed by atoms with Crippen LogP contribution in [0.4, 0.5) is 0 Å². The monoisotopic (exact) mass is 418 g/mol. The van der Waals surface area contributed by atoms with E-state index in [0.29, 0.717) is 12.8 Å². The van der Waals surface area contributed by atoms with E-state index in [2.05, 4.69) is 0 Å². The lowest BCUT2D eigenvalue weighted by atomic mass is 10.1. The number of carboxylic acid groups (broad SMARTS) is 4. The molecule has 0 aromatic rings. The molecule has 0 unspecified atom stereocenters. The van der Waals surface area contributed by atoms with Crippen LogP contribution in [0, 0.1) is 0 Å². The highest BCUT2D eigenvalue weighted by Crippen LogP contribution is 2.10. The minimum Gasteiger partial charge on any atom is -0.481 e. The van der Waals surface area contributed by atoms with Gasteiger partial charge in [-0.15, -0.1) is 0 Å². The largest absolute Gasteiger partial charge is 0.481 e. The van der Waals surface area contributed by atoms with Gasteiger partial charge in [-0.2, -0.15) is 0 Å². The fraction of sp³-hybridized carbons (Fsp3) is 0.810. The molecule has 4 N–H and O–H groups in total. The predicted molar refractivity (Wildman–Crippen MR) is 109 cm³/mol. The Hall–Kier alpha value is -2.12. The van der Waals surface area contributed by atoms with Gasteiger partial charge in [0.25, 0.3) is 0 Å². The first-order valence-electron chi connectivity index (χ1n) is 10.6. The number of aliphatic carboxylic acids is 4. The quantitative estimate of drug-likeness (QED) is 0.215. The van der Waals surface area contributed by atoms with E-state index in [4.69, 9.17) is 20.4 Å². The van der Waals surface area contributed by atoms with Gasteiger partial charge in [0, 0.05) is 25.7 Å². The SMILES string of the molecule is O=C(O)CCCCCCCC(=O)O.O=C(O)CCCCCCCCCCC(=O)O. The molecule has 0 heterocycles. The van der Waals surface area contributed by atoms with Crippen LogP contribution in [-0.4, -0.2) is 44.3 Å². The molecule has 0 aliphatic rings.